The van der Waals surface area contributed by atoms with Crippen molar-refractivity contribution >= 4 is 17.4 Å². The largest absolute Gasteiger partial charge is 0.384 e. The van der Waals surface area contributed by atoms with Crippen LogP contribution in [0.25, 0.3) is 0 Å². The summed E-state index contributed by atoms with van der Waals surface area (Å²) in [5.41, 5.74) is 0.939. The molecule has 0 radical (unpaired) electrons. The van der Waals surface area contributed by atoms with Crippen LogP contribution in [0.4, 0.5) is 10.1 Å². The van der Waals surface area contributed by atoms with Gasteiger partial charge in [0.05, 0.1) is 10.6 Å². The summed E-state index contributed by atoms with van der Waals surface area (Å²) in [7, 11) is 0. The van der Waals surface area contributed by atoms with Crippen LogP contribution in [0.5, 0.6) is 0 Å². The van der Waals surface area contributed by atoms with Crippen LogP contribution in [-0.2, 0) is 0 Å². The maximum absolute atomic E-state index is 13.4. The molecule has 0 aromatic heterocycles. The molecule has 3 heteroatoms. The van der Waals surface area contributed by atoms with Gasteiger partial charge in [0.2, 0.25) is 0 Å². The van der Waals surface area contributed by atoms with Crippen LogP contribution in [0.15, 0.2) is 23.1 Å². The van der Waals surface area contributed by atoms with E-state index >= 15 is 0 Å². The van der Waals surface area contributed by atoms with Gasteiger partial charge in [-0.3, -0.25) is 0 Å². The predicted molar refractivity (Wildman–Crippen MR) is 54.8 cm³/mol. The number of halogens is 1. The van der Waals surface area contributed by atoms with E-state index in [1.54, 1.807) is 17.8 Å². The van der Waals surface area contributed by atoms with Crippen molar-refractivity contribution < 1.29 is 4.39 Å². The molecule has 13 heavy (non-hydrogen) atoms. The molecule has 1 heterocycles. The number of anilines is 1. The fraction of sp³-hybridized carbons (Fsp3) is 0.400. The van der Waals surface area contributed by atoms with Crippen molar-refractivity contribution in [1.29, 1.82) is 0 Å². The molecule has 0 saturated carbocycles. The first-order valence-corrected chi connectivity index (χ1v) is 5.34. The minimum Gasteiger partial charge on any atom is -0.384 e. The van der Waals surface area contributed by atoms with Crippen LogP contribution in [0.3, 0.4) is 0 Å². The van der Waals surface area contributed by atoms with E-state index in [0.717, 1.165) is 23.5 Å². The van der Waals surface area contributed by atoms with Crippen molar-refractivity contribution in [2.24, 2.45) is 0 Å². The van der Waals surface area contributed by atoms with Crippen molar-refractivity contribution in [3.63, 3.8) is 0 Å². The third-order valence-electron chi connectivity index (χ3n) is 2.15. The van der Waals surface area contributed by atoms with Crippen molar-refractivity contribution in [3.8, 4) is 0 Å². The van der Waals surface area contributed by atoms with Crippen LogP contribution >= 0.6 is 11.8 Å². The first-order chi connectivity index (χ1) is 6.27. The minimum absolute atomic E-state index is 0.108. The number of nitrogens with one attached hydrogen (secondary N) is 1. The number of thioether (sulfide) groups is 1. The molecule has 0 aliphatic carbocycles. The van der Waals surface area contributed by atoms with Crippen molar-refractivity contribution in [2.75, 3.05) is 11.9 Å². The molecule has 70 valence electrons. The Bertz CT molecular complexity index is 314. The molecule has 0 amide bonds. The molecular formula is C10H12FNS. The van der Waals surface area contributed by atoms with Gasteiger partial charge in [0.1, 0.15) is 5.82 Å². The standard InChI is InChI=1S/C10H12FNS/c1-7-5-6-12-9-4-2-3-8(11)10(9)13-7/h2-4,7,12H,5-6H2,1H3. The smallest absolute Gasteiger partial charge is 0.138 e. The first-order valence-electron chi connectivity index (χ1n) is 4.46. The highest BCUT2D eigenvalue weighted by molar-refractivity contribution is 8.00. The number of fused-ring (bicyclic) bond motifs is 1. The topological polar surface area (TPSA) is 12.0 Å². The molecule has 0 fully saturated rings. The summed E-state index contributed by atoms with van der Waals surface area (Å²) in [4.78, 5) is 0.771. The van der Waals surface area contributed by atoms with Gasteiger partial charge in [-0.05, 0) is 18.6 Å². The zero-order valence-corrected chi connectivity index (χ0v) is 8.33. The Morgan fingerprint density at radius 2 is 2.38 bits per heavy atom. The molecule has 0 saturated heterocycles. The van der Waals surface area contributed by atoms with E-state index in [2.05, 4.69) is 12.2 Å². The van der Waals surface area contributed by atoms with E-state index in [9.17, 15) is 4.39 Å². The summed E-state index contributed by atoms with van der Waals surface area (Å²) in [5.74, 6) is -0.108. The van der Waals surface area contributed by atoms with Gasteiger partial charge in [0.15, 0.2) is 0 Å². The van der Waals surface area contributed by atoms with Gasteiger partial charge >= 0.3 is 0 Å². The van der Waals surface area contributed by atoms with Gasteiger partial charge < -0.3 is 5.32 Å². The van der Waals surface area contributed by atoms with Gasteiger partial charge in [-0.15, -0.1) is 11.8 Å². The highest BCUT2D eigenvalue weighted by Crippen LogP contribution is 2.36. The highest BCUT2D eigenvalue weighted by Gasteiger charge is 2.16. The minimum atomic E-state index is -0.108. The zero-order chi connectivity index (χ0) is 9.26. The zero-order valence-electron chi connectivity index (χ0n) is 7.51. The molecule has 1 unspecified atom stereocenters. The lowest BCUT2D eigenvalue weighted by molar-refractivity contribution is 0.603. The Morgan fingerprint density at radius 1 is 1.54 bits per heavy atom. The van der Waals surface area contributed by atoms with Crippen LogP contribution in [0.2, 0.25) is 0 Å². The molecule has 2 rings (SSSR count). The summed E-state index contributed by atoms with van der Waals surface area (Å²) >= 11 is 1.62. The van der Waals surface area contributed by atoms with Gasteiger partial charge in [-0.25, -0.2) is 4.39 Å². The average molecular weight is 197 g/mol. The fourth-order valence-corrected chi connectivity index (χ4v) is 2.52. The SMILES string of the molecule is CC1CCNc2cccc(F)c2S1. The molecule has 0 bridgehead atoms. The average Bonchev–Trinajstić information content (AvgIpc) is 2.28. The molecule has 0 spiro atoms. The molecule has 1 aromatic carbocycles. The van der Waals surface area contributed by atoms with Crippen molar-refractivity contribution in [1.82, 2.24) is 0 Å². The number of rotatable bonds is 0. The third-order valence-corrected chi connectivity index (χ3v) is 3.44. The number of hydrogen-bond acceptors (Lipinski definition) is 2. The van der Waals surface area contributed by atoms with Crippen molar-refractivity contribution in [3.05, 3.63) is 24.0 Å². The molecule has 1 nitrogen and oxygen atoms in total. The monoisotopic (exact) mass is 197 g/mol. The summed E-state index contributed by atoms with van der Waals surface area (Å²) < 4.78 is 13.4. The third kappa shape index (κ3) is 1.80. The molecule has 1 aromatic rings. The summed E-state index contributed by atoms with van der Waals surface area (Å²) in [5, 5.41) is 3.73. The normalized spacial score (nSPS) is 21.5. The van der Waals surface area contributed by atoms with Gasteiger partial charge in [0, 0.05) is 11.8 Å². The second-order valence-corrected chi connectivity index (χ2v) is 4.71. The van der Waals surface area contributed by atoms with E-state index < -0.39 is 0 Å². The highest BCUT2D eigenvalue weighted by atomic mass is 32.2. The van der Waals surface area contributed by atoms with Crippen LogP contribution in [0, 0.1) is 5.82 Å². The van der Waals surface area contributed by atoms with E-state index in [1.165, 1.54) is 6.07 Å². The maximum Gasteiger partial charge on any atom is 0.138 e. The Kier molecular flexibility index (Phi) is 2.44. The van der Waals surface area contributed by atoms with E-state index in [1.807, 2.05) is 6.07 Å². The molecule has 1 aliphatic heterocycles. The summed E-state index contributed by atoms with van der Waals surface area (Å²) in [6.45, 7) is 3.07. The van der Waals surface area contributed by atoms with E-state index in [-0.39, 0.29) is 5.82 Å². The Morgan fingerprint density at radius 3 is 3.23 bits per heavy atom. The van der Waals surface area contributed by atoms with Crippen LogP contribution in [-0.4, -0.2) is 11.8 Å². The Balaban J connectivity index is 2.40. The summed E-state index contributed by atoms with van der Waals surface area (Å²) in [6.07, 6.45) is 1.08. The van der Waals surface area contributed by atoms with Crippen LogP contribution < -0.4 is 5.32 Å². The second kappa shape index (κ2) is 3.58. The fourth-order valence-electron chi connectivity index (χ4n) is 1.44. The van der Waals surface area contributed by atoms with Gasteiger partial charge in [0.25, 0.3) is 0 Å². The van der Waals surface area contributed by atoms with Crippen LogP contribution in [0.1, 0.15) is 13.3 Å². The van der Waals surface area contributed by atoms with Crippen molar-refractivity contribution in [2.45, 2.75) is 23.5 Å². The predicted octanol–water partition coefficient (Wildman–Crippen LogP) is 3.12. The Hall–Kier alpha value is -0.700. The lowest BCUT2D eigenvalue weighted by atomic mass is 10.3. The lowest BCUT2D eigenvalue weighted by Crippen LogP contribution is -2.03. The van der Waals surface area contributed by atoms with Gasteiger partial charge in [-0.1, -0.05) is 13.0 Å². The van der Waals surface area contributed by atoms with E-state index in [4.69, 9.17) is 0 Å². The number of benzene rings is 1. The maximum atomic E-state index is 13.4. The van der Waals surface area contributed by atoms with Gasteiger partial charge in [-0.2, -0.15) is 0 Å². The second-order valence-electron chi connectivity index (χ2n) is 3.26. The first kappa shape index (κ1) is 8.88. The lowest BCUT2D eigenvalue weighted by Gasteiger charge is -2.07. The molecule has 1 N–H and O–H groups in total. The Labute approximate surface area is 81.7 Å². The van der Waals surface area contributed by atoms with E-state index in [0.29, 0.717) is 5.25 Å². The summed E-state index contributed by atoms with van der Waals surface area (Å²) in [6, 6.07) is 5.20. The quantitative estimate of drug-likeness (QED) is 0.685. The molecule has 1 aliphatic rings. The molecular weight excluding hydrogens is 185 g/mol. The number of hydrogen-bond donors (Lipinski definition) is 1. The molecule has 1 atom stereocenters.